The molecule has 0 radical (unpaired) electrons. The first-order valence-electron chi connectivity index (χ1n) is 9.62. The van der Waals surface area contributed by atoms with Gasteiger partial charge >= 0.3 is 5.97 Å². The van der Waals surface area contributed by atoms with Gasteiger partial charge in [-0.05, 0) is 76.6 Å². The Kier molecular flexibility index (Phi) is 7.76. The number of amides is 1. The van der Waals surface area contributed by atoms with Crippen LogP contribution < -0.4 is 9.47 Å². The molecule has 2 aromatic rings. The topological polar surface area (TPSA) is 88.4 Å². The van der Waals surface area contributed by atoms with Gasteiger partial charge in [-0.3, -0.25) is 9.69 Å². The molecule has 2 aromatic carbocycles. The monoisotopic (exact) mass is 516 g/mol. The Balaban J connectivity index is 1.95. The van der Waals surface area contributed by atoms with Crippen LogP contribution in [0, 0.1) is 0 Å². The third-order valence-electron chi connectivity index (χ3n) is 4.42. The standard InChI is InChI=1S/C23H21BrN2O5S/c1-4-9-31-20-17(24)10-14(11-18(20)30-3)12-19-21(27)26(5-2)23(32-19)25-16-8-6-7-15(13-16)22(28)29/h4,6-8,10-13H,1,5,9H2,2-3H3,(H,28,29). The highest BCUT2D eigenvalue weighted by Gasteiger charge is 2.32. The molecule has 0 unspecified atom stereocenters. The number of thioether (sulfide) groups is 1. The van der Waals surface area contributed by atoms with Crippen LogP contribution >= 0.6 is 27.7 Å². The lowest BCUT2D eigenvalue weighted by Crippen LogP contribution is -2.28. The van der Waals surface area contributed by atoms with Crippen LogP contribution in [-0.2, 0) is 4.79 Å². The predicted molar refractivity (Wildman–Crippen MR) is 130 cm³/mol. The number of aromatic carboxylic acids is 1. The third kappa shape index (κ3) is 5.23. The van der Waals surface area contributed by atoms with E-state index >= 15 is 0 Å². The van der Waals surface area contributed by atoms with Crippen molar-refractivity contribution in [1.82, 2.24) is 4.90 Å². The number of amidine groups is 1. The number of carbonyl (C=O) groups excluding carboxylic acids is 1. The van der Waals surface area contributed by atoms with Gasteiger partial charge in [-0.2, -0.15) is 0 Å². The summed E-state index contributed by atoms with van der Waals surface area (Å²) in [6.45, 7) is 6.27. The molecule has 1 amide bonds. The number of methoxy groups -OCH3 is 1. The predicted octanol–water partition coefficient (Wildman–Crippen LogP) is 5.34. The zero-order chi connectivity index (χ0) is 23.3. The lowest BCUT2D eigenvalue weighted by atomic mass is 10.2. The molecule has 166 valence electrons. The Labute approximate surface area is 198 Å². The Hall–Kier alpha value is -3.04. The van der Waals surface area contributed by atoms with E-state index in [4.69, 9.17) is 9.47 Å². The van der Waals surface area contributed by atoms with E-state index < -0.39 is 5.97 Å². The number of carbonyl (C=O) groups is 2. The van der Waals surface area contributed by atoms with Gasteiger partial charge in [-0.15, -0.1) is 0 Å². The summed E-state index contributed by atoms with van der Waals surface area (Å²) in [6.07, 6.45) is 3.40. The molecule has 1 aliphatic rings. The Bertz CT molecular complexity index is 1130. The van der Waals surface area contributed by atoms with Gasteiger partial charge in [-0.1, -0.05) is 18.7 Å². The number of likely N-dealkylation sites (N-methyl/N-ethyl adjacent to an activating group) is 1. The van der Waals surface area contributed by atoms with Crippen LogP contribution in [0.3, 0.4) is 0 Å². The molecule has 32 heavy (non-hydrogen) atoms. The van der Waals surface area contributed by atoms with E-state index in [9.17, 15) is 14.7 Å². The van der Waals surface area contributed by atoms with Crippen LogP contribution in [-0.4, -0.2) is 47.3 Å². The van der Waals surface area contributed by atoms with E-state index in [0.717, 1.165) is 5.56 Å². The van der Waals surface area contributed by atoms with Crippen molar-refractivity contribution in [3.8, 4) is 11.5 Å². The second-order valence-corrected chi connectivity index (χ2v) is 8.41. The summed E-state index contributed by atoms with van der Waals surface area (Å²) in [5.74, 6) is -0.131. The number of nitrogens with zero attached hydrogens (tertiary/aromatic N) is 2. The molecule has 1 saturated heterocycles. The average molecular weight is 517 g/mol. The maximum atomic E-state index is 12.9. The second-order valence-electron chi connectivity index (χ2n) is 6.54. The smallest absolute Gasteiger partial charge is 0.335 e. The van der Waals surface area contributed by atoms with Crippen LogP contribution in [0.5, 0.6) is 11.5 Å². The van der Waals surface area contributed by atoms with E-state index in [1.54, 1.807) is 42.4 Å². The zero-order valence-electron chi connectivity index (χ0n) is 17.5. The van der Waals surface area contributed by atoms with Crippen LogP contribution in [0.25, 0.3) is 6.08 Å². The molecular weight excluding hydrogens is 496 g/mol. The van der Waals surface area contributed by atoms with Crippen molar-refractivity contribution in [2.45, 2.75) is 6.92 Å². The number of ether oxygens (including phenoxy) is 2. The first-order valence-corrected chi connectivity index (χ1v) is 11.2. The van der Waals surface area contributed by atoms with E-state index in [0.29, 0.717) is 44.9 Å². The summed E-state index contributed by atoms with van der Waals surface area (Å²) in [5, 5.41) is 9.68. The quantitative estimate of drug-likeness (QED) is 0.376. The first-order chi connectivity index (χ1) is 15.4. The number of aliphatic imine (C=N–C) groups is 1. The molecule has 0 atom stereocenters. The van der Waals surface area contributed by atoms with Gasteiger partial charge in [0, 0.05) is 6.54 Å². The van der Waals surface area contributed by atoms with Gasteiger partial charge < -0.3 is 14.6 Å². The molecule has 1 aliphatic heterocycles. The molecule has 0 aromatic heterocycles. The molecule has 0 bridgehead atoms. The molecule has 1 fully saturated rings. The van der Waals surface area contributed by atoms with Gasteiger partial charge in [0.25, 0.3) is 5.91 Å². The highest BCUT2D eigenvalue weighted by molar-refractivity contribution is 9.10. The molecule has 1 heterocycles. The lowest BCUT2D eigenvalue weighted by molar-refractivity contribution is -0.122. The van der Waals surface area contributed by atoms with Crippen molar-refractivity contribution in [2.24, 2.45) is 4.99 Å². The number of hydrogen-bond acceptors (Lipinski definition) is 6. The summed E-state index contributed by atoms with van der Waals surface area (Å²) in [7, 11) is 1.55. The first kappa shape index (κ1) is 23.6. The highest BCUT2D eigenvalue weighted by Crippen LogP contribution is 2.39. The van der Waals surface area contributed by atoms with Crippen LogP contribution in [0.1, 0.15) is 22.8 Å². The number of carboxylic acids is 1. The minimum Gasteiger partial charge on any atom is -0.493 e. The fourth-order valence-electron chi connectivity index (χ4n) is 2.95. The van der Waals surface area contributed by atoms with Crippen LogP contribution in [0.2, 0.25) is 0 Å². The Morgan fingerprint density at radius 1 is 1.34 bits per heavy atom. The maximum Gasteiger partial charge on any atom is 0.335 e. The third-order valence-corrected chi connectivity index (χ3v) is 6.01. The lowest BCUT2D eigenvalue weighted by Gasteiger charge is -2.13. The van der Waals surface area contributed by atoms with Crippen LogP contribution in [0.15, 0.2) is 63.4 Å². The number of benzene rings is 2. The second kappa shape index (κ2) is 10.5. The number of hydrogen-bond donors (Lipinski definition) is 1. The minimum absolute atomic E-state index is 0.135. The molecule has 0 saturated carbocycles. The van der Waals surface area contributed by atoms with Crippen molar-refractivity contribution in [3.63, 3.8) is 0 Å². The summed E-state index contributed by atoms with van der Waals surface area (Å²) >= 11 is 4.72. The van der Waals surface area contributed by atoms with Gasteiger partial charge in [0.1, 0.15) is 6.61 Å². The highest BCUT2D eigenvalue weighted by atomic mass is 79.9. The fraction of sp³-hybridized carbons (Fsp3) is 0.174. The molecule has 0 spiro atoms. The summed E-state index contributed by atoms with van der Waals surface area (Å²) < 4.78 is 11.8. The Morgan fingerprint density at radius 2 is 2.12 bits per heavy atom. The minimum atomic E-state index is -1.03. The zero-order valence-corrected chi connectivity index (χ0v) is 19.9. The van der Waals surface area contributed by atoms with Crippen molar-refractivity contribution >= 4 is 56.5 Å². The van der Waals surface area contributed by atoms with E-state index in [1.165, 1.54) is 23.9 Å². The van der Waals surface area contributed by atoms with E-state index in [-0.39, 0.29) is 11.5 Å². The van der Waals surface area contributed by atoms with E-state index in [1.807, 2.05) is 13.0 Å². The Morgan fingerprint density at radius 3 is 2.78 bits per heavy atom. The SMILES string of the molecule is C=CCOc1c(Br)cc(C=C2SC(=Nc3cccc(C(=O)O)c3)N(CC)C2=O)cc1OC. The summed E-state index contributed by atoms with van der Waals surface area (Å²) in [6, 6.07) is 9.91. The number of halogens is 1. The normalized spacial score (nSPS) is 16.0. The van der Waals surface area contributed by atoms with Crippen LogP contribution in [0.4, 0.5) is 5.69 Å². The van der Waals surface area contributed by atoms with Crippen molar-refractivity contribution < 1.29 is 24.2 Å². The molecule has 3 rings (SSSR count). The van der Waals surface area contributed by atoms with Gasteiger partial charge in [-0.25, -0.2) is 9.79 Å². The summed E-state index contributed by atoms with van der Waals surface area (Å²) in [5.41, 5.74) is 1.35. The molecule has 1 N–H and O–H groups in total. The van der Waals surface area contributed by atoms with Gasteiger partial charge in [0.2, 0.25) is 0 Å². The molecule has 9 heteroatoms. The van der Waals surface area contributed by atoms with E-state index in [2.05, 4.69) is 27.5 Å². The number of carboxylic acid groups (broad SMARTS) is 1. The number of rotatable bonds is 8. The molecular formula is C23H21BrN2O5S. The van der Waals surface area contributed by atoms with Crippen molar-refractivity contribution in [1.29, 1.82) is 0 Å². The molecule has 0 aliphatic carbocycles. The molecule has 7 nitrogen and oxygen atoms in total. The van der Waals surface area contributed by atoms with Crippen molar-refractivity contribution in [2.75, 3.05) is 20.3 Å². The average Bonchev–Trinajstić information content (AvgIpc) is 3.06. The van der Waals surface area contributed by atoms with Gasteiger partial charge in [0.05, 0.1) is 27.7 Å². The van der Waals surface area contributed by atoms with Crippen molar-refractivity contribution in [3.05, 3.63) is 69.6 Å². The fourth-order valence-corrected chi connectivity index (χ4v) is 4.58. The maximum absolute atomic E-state index is 12.9. The summed E-state index contributed by atoms with van der Waals surface area (Å²) in [4.78, 5) is 30.7. The largest absolute Gasteiger partial charge is 0.493 e. The van der Waals surface area contributed by atoms with Gasteiger partial charge in [0.15, 0.2) is 16.7 Å².